The van der Waals surface area contributed by atoms with Crippen molar-refractivity contribution in [3.8, 4) is 0 Å². The first-order valence-corrected chi connectivity index (χ1v) is 9.03. The van der Waals surface area contributed by atoms with Gasteiger partial charge in [-0.3, -0.25) is 14.2 Å². The first-order chi connectivity index (χ1) is 12.1. The Morgan fingerprint density at radius 2 is 2.00 bits per heavy atom. The quantitative estimate of drug-likeness (QED) is 0.854. The van der Waals surface area contributed by atoms with Crippen LogP contribution in [-0.4, -0.2) is 56.7 Å². The van der Waals surface area contributed by atoms with Crippen molar-refractivity contribution in [1.82, 2.24) is 24.5 Å². The van der Waals surface area contributed by atoms with E-state index in [-0.39, 0.29) is 5.91 Å². The van der Waals surface area contributed by atoms with E-state index in [1.807, 2.05) is 40.6 Å². The zero-order valence-electron chi connectivity index (χ0n) is 14.9. The smallest absolute Gasteiger partial charge is 0.257 e. The molecule has 4 rings (SSSR count). The third-order valence-electron chi connectivity index (χ3n) is 5.48. The Hall–Kier alpha value is -2.15. The molecule has 4 heterocycles. The number of ether oxygens (including phenoxy) is 1. The Kier molecular flexibility index (Phi) is 4.33. The minimum absolute atomic E-state index is 0.0993. The van der Waals surface area contributed by atoms with Crippen LogP contribution < -0.4 is 0 Å². The number of aryl methyl sites for hydroxylation is 1. The van der Waals surface area contributed by atoms with Crippen LogP contribution in [0, 0.1) is 6.92 Å². The third kappa shape index (κ3) is 3.08. The van der Waals surface area contributed by atoms with Crippen molar-refractivity contribution in [2.45, 2.75) is 38.1 Å². The monoisotopic (exact) mass is 343 g/mol. The molecule has 2 aliphatic heterocycles. The maximum atomic E-state index is 13.0. The summed E-state index contributed by atoms with van der Waals surface area (Å²) in [5.74, 6) is 0.477. The van der Waals surface area contributed by atoms with Crippen LogP contribution in [0.5, 0.6) is 0 Å². The molecule has 7 nitrogen and oxygen atoms in total. The lowest BCUT2D eigenvalue weighted by Crippen LogP contribution is -2.29. The van der Waals surface area contributed by atoms with Crippen molar-refractivity contribution < 1.29 is 9.53 Å². The van der Waals surface area contributed by atoms with Gasteiger partial charge in [-0.05, 0) is 31.7 Å². The van der Waals surface area contributed by atoms with Gasteiger partial charge in [-0.15, -0.1) is 0 Å². The van der Waals surface area contributed by atoms with Crippen LogP contribution in [0.25, 0.3) is 0 Å². The summed E-state index contributed by atoms with van der Waals surface area (Å²) >= 11 is 0. The molecule has 0 aromatic carbocycles. The van der Waals surface area contributed by atoms with E-state index in [0.717, 1.165) is 56.8 Å². The van der Waals surface area contributed by atoms with Crippen molar-refractivity contribution in [2.75, 3.05) is 26.3 Å². The van der Waals surface area contributed by atoms with Crippen molar-refractivity contribution in [2.24, 2.45) is 7.05 Å². The number of hydrogen-bond donors (Lipinski definition) is 0. The summed E-state index contributed by atoms with van der Waals surface area (Å²) in [6.07, 6.45) is 8.61. The van der Waals surface area contributed by atoms with Crippen LogP contribution >= 0.6 is 0 Å². The summed E-state index contributed by atoms with van der Waals surface area (Å²) in [5.41, 5.74) is 2.92. The molecule has 1 unspecified atom stereocenters. The number of amides is 1. The Balaban J connectivity index is 1.47. The van der Waals surface area contributed by atoms with Crippen molar-refractivity contribution in [3.63, 3.8) is 0 Å². The largest absolute Gasteiger partial charge is 0.381 e. The molecule has 1 atom stereocenters. The predicted molar refractivity (Wildman–Crippen MR) is 92.5 cm³/mol. The van der Waals surface area contributed by atoms with Crippen LogP contribution in [0.1, 0.15) is 52.8 Å². The molecular formula is C18H25N5O2. The van der Waals surface area contributed by atoms with Gasteiger partial charge in [0.05, 0.1) is 24.0 Å². The van der Waals surface area contributed by atoms with Gasteiger partial charge in [-0.1, -0.05) is 0 Å². The topological polar surface area (TPSA) is 65.2 Å². The number of carbonyl (C=O) groups excluding carboxylic acids is 1. The minimum Gasteiger partial charge on any atom is -0.381 e. The van der Waals surface area contributed by atoms with Crippen LogP contribution in [0.2, 0.25) is 0 Å². The average molecular weight is 343 g/mol. The molecule has 2 aromatic rings. The van der Waals surface area contributed by atoms with Crippen LogP contribution in [0.4, 0.5) is 0 Å². The highest BCUT2D eigenvalue weighted by atomic mass is 16.5. The molecule has 0 N–H and O–H groups in total. The van der Waals surface area contributed by atoms with E-state index < -0.39 is 0 Å². The fourth-order valence-corrected chi connectivity index (χ4v) is 3.97. The molecule has 2 aliphatic rings. The summed E-state index contributed by atoms with van der Waals surface area (Å²) in [4.78, 5) is 14.9. The van der Waals surface area contributed by atoms with E-state index in [4.69, 9.17) is 4.74 Å². The maximum absolute atomic E-state index is 13.0. The van der Waals surface area contributed by atoms with Gasteiger partial charge in [-0.25, -0.2) is 0 Å². The second kappa shape index (κ2) is 6.63. The number of likely N-dealkylation sites (tertiary alicyclic amines) is 1. The Morgan fingerprint density at radius 1 is 1.20 bits per heavy atom. The summed E-state index contributed by atoms with van der Waals surface area (Å²) in [6.45, 7) is 5.09. The Morgan fingerprint density at radius 3 is 2.72 bits per heavy atom. The maximum Gasteiger partial charge on any atom is 0.257 e. The first kappa shape index (κ1) is 16.3. The third-order valence-corrected chi connectivity index (χ3v) is 5.48. The Bertz CT molecular complexity index is 759. The van der Waals surface area contributed by atoms with Crippen LogP contribution in [-0.2, 0) is 11.8 Å². The zero-order valence-corrected chi connectivity index (χ0v) is 14.9. The number of aromatic nitrogens is 4. The van der Waals surface area contributed by atoms with Crippen molar-refractivity contribution in [3.05, 3.63) is 35.4 Å². The van der Waals surface area contributed by atoms with Gasteiger partial charge in [0.15, 0.2) is 0 Å². The second-order valence-electron chi connectivity index (χ2n) is 7.12. The fourth-order valence-electron chi connectivity index (χ4n) is 3.97. The molecule has 0 radical (unpaired) electrons. The van der Waals surface area contributed by atoms with Crippen molar-refractivity contribution >= 4 is 5.91 Å². The highest BCUT2D eigenvalue weighted by Gasteiger charge is 2.31. The highest BCUT2D eigenvalue weighted by molar-refractivity contribution is 5.95. The predicted octanol–water partition coefficient (Wildman–Crippen LogP) is 1.91. The standard InChI is InChI=1S/C18H25N5O2/c1-13-17(10-20-23(13)16-4-7-25-8-5-16)18(24)22-6-3-14(12-22)15-9-19-21(2)11-15/h9-11,14,16H,3-8,12H2,1-2H3. The second-order valence-corrected chi connectivity index (χ2v) is 7.12. The summed E-state index contributed by atoms with van der Waals surface area (Å²) in [5, 5.41) is 8.76. The molecule has 134 valence electrons. The lowest BCUT2D eigenvalue weighted by Gasteiger charge is -2.24. The van der Waals surface area contributed by atoms with Crippen molar-refractivity contribution in [1.29, 1.82) is 0 Å². The minimum atomic E-state index is 0.0993. The van der Waals surface area contributed by atoms with E-state index in [0.29, 0.717) is 12.0 Å². The number of rotatable bonds is 3. The lowest BCUT2D eigenvalue weighted by molar-refractivity contribution is 0.0655. The molecule has 1 amide bonds. The molecule has 0 bridgehead atoms. The van der Waals surface area contributed by atoms with Crippen LogP contribution in [0.15, 0.2) is 18.6 Å². The normalized spacial score (nSPS) is 21.8. The van der Waals surface area contributed by atoms with E-state index in [2.05, 4.69) is 10.2 Å². The summed E-state index contributed by atoms with van der Waals surface area (Å²) in [6, 6.07) is 0.344. The van der Waals surface area contributed by atoms with Gasteiger partial charge in [0, 0.05) is 51.2 Å². The molecule has 2 saturated heterocycles. The van der Waals surface area contributed by atoms with Crippen LogP contribution in [0.3, 0.4) is 0 Å². The van der Waals surface area contributed by atoms with E-state index in [1.54, 1.807) is 6.20 Å². The van der Waals surface area contributed by atoms with Gasteiger partial charge in [0.25, 0.3) is 5.91 Å². The van der Waals surface area contributed by atoms with Gasteiger partial charge in [0.1, 0.15) is 0 Å². The fraction of sp³-hybridized carbons (Fsp3) is 0.611. The Labute approximate surface area is 147 Å². The molecule has 0 saturated carbocycles. The number of hydrogen-bond acceptors (Lipinski definition) is 4. The first-order valence-electron chi connectivity index (χ1n) is 9.03. The molecule has 0 spiro atoms. The van der Waals surface area contributed by atoms with Gasteiger partial charge < -0.3 is 9.64 Å². The van der Waals surface area contributed by atoms with E-state index in [1.165, 1.54) is 5.56 Å². The summed E-state index contributed by atoms with van der Waals surface area (Å²) in [7, 11) is 1.93. The van der Waals surface area contributed by atoms with E-state index >= 15 is 0 Å². The molecule has 0 aliphatic carbocycles. The van der Waals surface area contributed by atoms with Gasteiger partial charge >= 0.3 is 0 Å². The number of nitrogens with zero attached hydrogens (tertiary/aromatic N) is 5. The molecular weight excluding hydrogens is 318 g/mol. The highest BCUT2D eigenvalue weighted by Crippen LogP contribution is 2.29. The summed E-state index contributed by atoms with van der Waals surface area (Å²) < 4.78 is 9.27. The number of carbonyl (C=O) groups is 1. The van der Waals surface area contributed by atoms with Gasteiger partial charge in [0.2, 0.25) is 0 Å². The molecule has 7 heteroatoms. The average Bonchev–Trinajstić information content (AvgIpc) is 3.34. The molecule has 2 aromatic heterocycles. The lowest BCUT2D eigenvalue weighted by atomic mass is 10.0. The SMILES string of the molecule is Cc1c(C(=O)N2CCC(c3cnn(C)c3)C2)cnn1C1CCOCC1. The van der Waals surface area contributed by atoms with Gasteiger partial charge in [-0.2, -0.15) is 10.2 Å². The zero-order chi connectivity index (χ0) is 17.4. The molecule has 2 fully saturated rings. The van der Waals surface area contributed by atoms with E-state index in [9.17, 15) is 4.79 Å². The molecule has 25 heavy (non-hydrogen) atoms.